The number of amides is 1. The first-order valence-corrected chi connectivity index (χ1v) is 10.6. The number of halogens is 2. The van der Waals surface area contributed by atoms with Crippen LogP contribution in [0.3, 0.4) is 0 Å². The number of fused-ring (bicyclic) bond motifs is 1. The van der Waals surface area contributed by atoms with Crippen LogP contribution in [-0.4, -0.2) is 23.4 Å². The first-order valence-electron chi connectivity index (χ1n) is 8.82. The summed E-state index contributed by atoms with van der Waals surface area (Å²) in [6.45, 7) is 2.47. The van der Waals surface area contributed by atoms with Gasteiger partial charge in [-0.15, -0.1) is 0 Å². The van der Waals surface area contributed by atoms with E-state index in [9.17, 15) is 10.1 Å². The molecule has 1 saturated heterocycles. The molecule has 7 heteroatoms. The number of anilines is 1. The van der Waals surface area contributed by atoms with Gasteiger partial charge in [0, 0.05) is 28.1 Å². The molecule has 28 heavy (non-hydrogen) atoms. The molecule has 2 aliphatic rings. The molecule has 2 aliphatic heterocycles. The Morgan fingerprint density at radius 1 is 1.18 bits per heavy atom. The maximum absolute atomic E-state index is 13.0. The van der Waals surface area contributed by atoms with Crippen LogP contribution in [0, 0.1) is 18.3 Å². The first-order chi connectivity index (χ1) is 13.5. The molecule has 1 fully saturated rings. The molecule has 2 heterocycles. The number of hydrogen-bond acceptors (Lipinski definition) is 4. The summed E-state index contributed by atoms with van der Waals surface area (Å²) in [6.07, 6.45) is 0.179. The largest absolute Gasteiger partial charge is 0.344 e. The molecule has 4 rings (SSSR count). The summed E-state index contributed by atoms with van der Waals surface area (Å²) in [5, 5.41) is 11.6. The van der Waals surface area contributed by atoms with Crippen molar-refractivity contribution in [1.29, 1.82) is 5.26 Å². The second-order valence-electron chi connectivity index (χ2n) is 6.84. The number of allylic oxidation sites excluding steroid dienone is 1. The van der Waals surface area contributed by atoms with Crippen LogP contribution in [0.4, 0.5) is 5.69 Å². The minimum atomic E-state index is -0.414. The van der Waals surface area contributed by atoms with Crippen LogP contribution in [0.2, 0.25) is 10.0 Å². The number of rotatable bonds is 2. The van der Waals surface area contributed by atoms with E-state index in [1.54, 1.807) is 23.1 Å². The predicted octanol–water partition coefficient (Wildman–Crippen LogP) is 5.52. The Kier molecular flexibility index (Phi) is 5.29. The van der Waals surface area contributed by atoms with E-state index in [1.165, 1.54) is 17.3 Å². The van der Waals surface area contributed by atoms with E-state index in [2.05, 4.69) is 17.0 Å². The fourth-order valence-electron chi connectivity index (χ4n) is 3.64. The molecule has 0 saturated carbocycles. The lowest BCUT2D eigenvalue weighted by atomic mass is 9.86. The van der Waals surface area contributed by atoms with E-state index in [1.807, 2.05) is 25.1 Å². The minimum absolute atomic E-state index is 0.0279. The molecule has 2 aromatic rings. The molecule has 0 unspecified atom stereocenters. The molecule has 0 aliphatic carbocycles. The molecule has 0 bridgehead atoms. The van der Waals surface area contributed by atoms with E-state index in [0.29, 0.717) is 38.8 Å². The van der Waals surface area contributed by atoms with Gasteiger partial charge in [0.2, 0.25) is 5.91 Å². The second-order valence-corrected chi connectivity index (χ2v) is 8.59. The lowest BCUT2D eigenvalue weighted by Crippen LogP contribution is -2.47. The Hall–Kier alpha value is -2.13. The topological polar surface area (TPSA) is 47.3 Å². The Balaban J connectivity index is 1.71. The number of aryl methyl sites for hydroxylation is 1. The van der Waals surface area contributed by atoms with Gasteiger partial charge >= 0.3 is 0 Å². The van der Waals surface area contributed by atoms with Gasteiger partial charge in [-0.2, -0.15) is 5.26 Å². The van der Waals surface area contributed by atoms with E-state index >= 15 is 0 Å². The van der Waals surface area contributed by atoms with Gasteiger partial charge in [0.05, 0.1) is 29.2 Å². The normalized spacial score (nSPS) is 19.5. The number of thioether (sulfide) groups is 1. The molecule has 0 aromatic heterocycles. The maximum Gasteiger partial charge on any atom is 0.229 e. The highest BCUT2D eigenvalue weighted by Gasteiger charge is 2.39. The summed E-state index contributed by atoms with van der Waals surface area (Å²) in [5.41, 5.74) is 3.45. The van der Waals surface area contributed by atoms with Gasteiger partial charge in [0.15, 0.2) is 0 Å². The van der Waals surface area contributed by atoms with Crippen molar-refractivity contribution >= 4 is 46.6 Å². The molecule has 1 amide bonds. The van der Waals surface area contributed by atoms with Crippen molar-refractivity contribution in [2.75, 3.05) is 17.4 Å². The van der Waals surface area contributed by atoms with E-state index in [4.69, 9.17) is 23.2 Å². The van der Waals surface area contributed by atoms with Crippen molar-refractivity contribution in [2.24, 2.45) is 0 Å². The van der Waals surface area contributed by atoms with Crippen LogP contribution < -0.4 is 4.90 Å². The Morgan fingerprint density at radius 3 is 2.57 bits per heavy atom. The van der Waals surface area contributed by atoms with Crippen molar-refractivity contribution in [3.05, 3.63) is 74.2 Å². The third-order valence-corrected chi connectivity index (χ3v) is 6.82. The maximum atomic E-state index is 13.0. The Labute approximate surface area is 178 Å². The summed E-state index contributed by atoms with van der Waals surface area (Å²) < 4.78 is 0. The number of nitrogens with zero attached hydrogens (tertiary/aromatic N) is 3. The van der Waals surface area contributed by atoms with Gasteiger partial charge in [-0.05, 0) is 42.3 Å². The molecule has 0 N–H and O–H groups in total. The van der Waals surface area contributed by atoms with Crippen LogP contribution >= 0.6 is 35.0 Å². The smallest absolute Gasteiger partial charge is 0.229 e. The van der Waals surface area contributed by atoms with Crippen LogP contribution in [-0.2, 0) is 4.79 Å². The van der Waals surface area contributed by atoms with Gasteiger partial charge in [-0.1, -0.05) is 53.2 Å². The Morgan fingerprint density at radius 2 is 1.89 bits per heavy atom. The van der Waals surface area contributed by atoms with Crippen LogP contribution in [0.25, 0.3) is 0 Å². The standard InChI is InChI=1S/C21H17Cl2N3OS/c1-13-4-2-5-14(8-13)25-11-26-19(27)9-15(16(10-24)21(26)28-12-25)20-17(22)6-3-7-18(20)23/h2-8,15H,9,11-12H2,1H3/t15-/m1/s1. The lowest BCUT2D eigenvalue weighted by molar-refractivity contribution is -0.129. The predicted molar refractivity (Wildman–Crippen MR) is 114 cm³/mol. The van der Waals surface area contributed by atoms with Crippen molar-refractivity contribution in [1.82, 2.24) is 4.90 Å². The average Bonchev–Trinajstić information content (AvgIpc) is 2.68. The van der Waals surface area contributed by atoms with Gasteiger partial charge < -0.3 is 4.90 Å². The van der Waals surface area contributed by atoms with Crippen molar-refractivity contribution < 1.29 is 4.79 Å². The van der Waals surface area contributed by atoms with Gasteiger partial charge in [-0.25, -0.2) is 0 Å². The number of carbonyl (C=O) groups excluding carboxylic acids is 1. The molecular weight excluding hydrogens is 413 g/mol. The number of nitriles is 1. The SMILES string of the molecule is Cc1cccc(N2CSC3=C(C#N)[C@H](c4c(Cl)cccc4Cl)CC(=O)N3C2)c1. The van der Waals surface area contributed by atoms with Crippen LogP contribution in [0.5, 0.6) is 0 Å². The third-order valence-electron chi connectivity index (χ3n) is 5.01. The van der Waals surface area contributed by atoms with Gasteiger partial charge in [0.1, 0.15) is 0 Å². The van der Waals surface area contributed by atoms with Crippen molar-refractivity contribution in [3.8, 4) is 6.07 Å². The summed E-state index contributed by atoms with van der Waals surface area (Å²) >= 11 is 14.2. The van der Waals surface area contributed by atoms with Crippen molar-refractivity contribution in [3.63, 3.8) is 0 Å². The number of benzene rings is 2. The Bertz CT molecular complexity index is 1010. The molecular formula is C21H17Cl2N3OS. The van der Waals surface area contributed by atoms with Crippen LogP contribution in [0.15, 0.2) is 53.1 Å². The summed E-state index contributed by atoms with van der Waals surface area (Å²) in [4.78, 5) is 16.8. The number of hydrogen-bond donors (Lipinski definition) is 0. The fraction of sp³-hybridized carbons (Fsp3) is 0.238. The van der Waals surface area contributed by atoms with E-state index < -0.39 is 5.92 Å². The molecule has 0 radical (unpaired) electrons. The number of carbonyl (C=O) groups is 1. The highest BCUT2D eigenvalue weighted by Crippen LogP contribution is 2.46. The quantitative estimate of drug-likeness (QED) is 0.630. The molecule has 1 atom stereocenters. The second kappa shape index (κ2) is 7.71. The van der Waals surface area contributed by atoms with Crippen molar-refractivity contribution in [2.45, 2.75) is 19.3 Å². The molecule has 0 spiro atoms. The van der Waals surface area contributed by atoms with E-state index in [-0.39, 0.29) is 12.3 Å². The monoisotopic (exact) mass is 429 g/mol. The summed E-state index contributed by atoms with van der Waals surface area (Å²) in [7, 11) is 0. The first kappa shape index (κ1) is 19.2. The van der Waals surface area contributed by atoms with E-state index in [0.717, 1.165) is 5.69 Å². The molecule has 142 valence electrons. The highest BCUT2D eigenvalue weighted by atomic mass is 35.5. The zero-order chi connectivity index (χ0) is 19.8. The molecule has 4 nitrogen and oxygen atoms in total. The third kappa shape index (κ3) is 3.37. The van der Waals surface area contributed by atoms with Gasteiger partial charge in [-0.3, -0.25) is 9.69 Å². The minimum Gasteiger partial charge on any atom is -0.344 e. The average molecular weight is 430 g/mol. The molecule has 2 aromatic carbocycles. The van der Waals surface area contributed by atoms with Gasteiger partial charge in [0.25, 0.3) is 0 Å². The fourth-order valence-corrected chi connectivity index (χ4v) is 5.47. The summed E-state index contributed by atoms with van der Waals surface area (Å²) in [5.74, 6) is 0.222. The zero-order valence-corrected chi connectivity index (χ0v) is 17.5. The highest BCUT2D eigenvalue weighted by molar-refractivity contribution is 8.03. The lowest BCUT2D eigenvalue weighted by Gasteiger charge is -2.42. The summed E-state index contributed by atoms with van der Waals surface area (Å²) in [6, 6.07) is 15.8. The van der Waals surface area contributed by atoms with Crippen LogP contribution in [0.1, 0.15) is 23.5 Å². The zero-order valence-electron chi connectivity index (χ0n) is 15.2.